The standard InChI is InChI=1S/C18H21N3O4S/c1-25-18(22)15-5-6-16(20-10-15)11-21-26(23,24)8-7-13-3-2-4-14-9-19-12-17(13)14/h2-6,10,19,21H,7-9,11-12H2,1H3. The van der Waals surface area contributed by atoms with Gasteiger partial charge in [0, 0.05) is 19.3 Å². The molecule has 0 bridgehead atoms. The number of aryl methyl sites for hydroxylation is 1. The fraction of sp³-hybridized carbons (Fsp3) is 0.333. The molecule has 0 amide bonds. The number of carbonyl (C=O) groups excluding carboxylic acids is 1. The van der Waals surface area contributed by atoms with Gasteiger partial charge in [0.1, 0.15) is 0 Å². The lowest BCUT2D eigenvalue weighted by Crippen LogP contribution is -2.27. The van der Waals surface area contributed by atoms with E-state index in [0.717, 1.165) is 18.7 Å². The lowest BCUT2D eigenvalue weighted by Gasteiger charge is -2.09. The van der Waals surface area contributed by atoms with Gasteiger partial charge in [-0.2, -0.15) is 0 Å². The third-order valence-corrected chi connectivity index (χ3v) is 5.67. The number of sulfonamides is 1. The molecule has 0 aliphatic carbocycles. The second kappa shape index (κ2) is 7.94. The van der Waals surface area contributed by atoms with Crippen molar-refractivity contribution in [3.8, 4) is 0 Å². The van der Waals surface area contributed by atoms with Crippen molar-refractivity contribution in [2.45, 2.75) is 26.1 Å². The quantitative estimate of drug-likeness (QED) is 0.704. The predicted octanol–water partition coefficient (Wildman–Crippen LogP) is 1.13. The maximum absolute atomic E-state index is 12.3. The zero-order valence-electron chi connectivity index (χ0n) is 14.5. The number of esters is 1. The number of rotatable bonds is 7. The van der Waals surface area contributed by atoms with Crippen LogP contribution in [0.2, 0.25) is 0 Å². The zero-order chi connectivity index (χ0) is 18.6. The third kappa shape index (κ3) is 4.46. The Labute approximate surface area is 152 Å². The van der Waals surface area contributed by atoms with Crippen molar-refractivity contribution in [3.05, 3.63) is 64.5 Å². The molecule has 0 radical (unpaired) electrons. The van der Waals surface area contributed by atoms with Crippen LogP contribution in [0.25, 0.3) is 0 Å². The number of nitrogens with zero attached hydrogens (tertiary/aromatic N) is 1. The van der Waals surface area contributed by atoms with E-state index in [9.17, 15) is 13.2 Å². The van der Waals surface area contributed by atoms with Crippen LogP contribution in [0.5, 0.6) is 0 Å². The molecule has 0 spiro atoms. The van der Waals surface area contributed by atoms with Gasteiger partial charge in [-0.25, -0.2) is 17.9 Å². The smallest absolute Gasteiger partial charge is 0.339 e. The average Bonchev–Trinajstić information content (AvgIpc) is 3.14. The van der Waals surface area contributed by atoms with Crippen molar-refractivity contribution in [2.24, 2.45) is 0 Å². The van der Waals surface area contributed by atoms with Crippen molar-refractivity contribution in [1.82, 2.24) is 15.0 Å². The number of carbonyl (C=O) groups is 1. The summed E-state index contributed by atoms with van der Waals surface area (Å²) in [6.07, 6.45) is 1.84. The van der Waals surface area contributed by atoms with Crippen LogP contribution in [0, 0.1) is 0 Å². The van der Waals surface area contributed by atoms with E-state index in [4.69, 9.17) is 0 Å². The lowest BCUT2D eigenvalue weighted by atomic mass is 10.0. The fourth-order valence-corrected chi connectivity index (χ4v) is 3.91. The Morgan fingerprint density at radius 1 is 1.27 bits per heavy atom. The first kappa shape index (κ1) is 18.5. The predicted molar refractivity (Wildman–Crippen MR) is 96.9 cm³/mol. The Morgan fingerprint density at radius 3 is 2.85 bits per heavy atom. The number of hydrogen-bond donors (Lipinski definition) is 2. The fourth-order valence-electron chi connectivity index (χ4n) is 2.90. The van der Waals surface area contributed by atoms with Crippen LogP contribution >= 0.6 is 0 Å². The molecular weight excluding hydrogens is 354 g/mol. The summed E-state index contributed by atoms with van der Waals surface area (Å²) in [5.41, 5.74) is 4.38. The van der Waals surface area contributed by atoms with Gasteiger partial charge in [0.15, 0.2) is 0 Å². The molecule has 8 heteroatoms. The summed E-state index contributed by atoms with van der Waals surface area (Å²) in [5.74, 6) is -0.460. The lowest BCUT2D eigenvalue weighted by molar-refractivity contribution is 0.0600. The van der Waals surface area contributed by atoms with Crippen LogP contribution < -0.4 is 10.0 Å². The Bertz CT molecular complexity index is 895. The molecule has 138 valence electrons. The summed E-state index contributed by atoms with van der Waals surface area (Å²) in [6.45, 7) is 1.70. The van der Waals surface area contributed by atoms with E-state index in [2.05, 4.69) is 25.8 Å². The number of fused-ring (bicyclic) bond motifs is 1. The molecule has 0 fully saturated rings. The first-order valence-corrected chi connectivity index (χ1v) is 9.94. The molecule has 26 heavy (non-hydrogen) atoms. The molecular formula is C18H21N3O4S. The molecule has 1 aliphatic rings. The minimum absolute atomic E-state index is 0.0176. The number of pyridine rings is 1. The molecule has 3 rings (SSSR count). The van der Waals surface area contributed by atoms with Gasteiger partial charge in [-0.3, -0.25) is 4.98 Å². The third-order valence-electron chi connectivity index (χ3n) is 4.35. The highest BCUT2D eigenvalue weighted by molar-refractivity contribution is 7.89. The highest BCUT2D eigenvalue weighted by Crippen LogP contribution is 2.20. The zero-order valence-corrected chi connectivity index (χ0v) is 15.3. The molecule has 2 aromatic rings. The SMILES string of the molecule is COC(=O)c1ccc(CNS(=O)(=O)CCc2cccc3c2CNC3)nc1. The number of methoxy groups -OCH3 is 1. The van der Waals surface area contributed by atoms with Gasteiger partial charge < -0.3 is 10.1 Å². The minimum Gasteiger partial charge on any atom is -0.465 e. The largest absolute Gasteiger partial charge is 0.465 e. The number of hydrogen-bond acceptors (Lipinski definition) is 6. The van der Waals surface area contributed by atoms with Gasteiger partial charge in [-0.1, -0.05) is 18.2 Å². The van der Waals surface area contributed by atoms with E-state index in [-0.39, 0.29) is 12.3 Å². The number of ether oxygens (including phenoxy) is 1. The summed E-state index contributed by atoms with van der Waals surface area (Å²) in [6, 6.07) is 9.17. The van der Waals surface area contributed by atoms with E-state index < -0.39 is 16.0 Å². The molecule has 2 heterocycles. The van der Waals surface area contributed by atoms with Gasteiger partial charge in [0.25, 0.3) is 0 Å². The molecule has 0 atom stereocenters. The molecule has 7 nitrogen and oxygen atoms in total. The monoisotopic (exact) mass is 375 g/mol. The van der Waals surface area contributed by atoms with E-state index in [1.165, 1.54) is 24.4 Å². The average molecular weight is 375 g/mol. The van der Waals surface area contributed by atoms with Crippen molar-refractivity contribution >= 4 is 16.0 Å². The molecule has 0 unspecified atom stereocenters. The van der Waals surface area contributed by atoms with E-state index in [1.54, 1.807) is 12.1 Å². The summed E-state index contributed by atoms with van der Waals surface area (Å²) >= 11 is 0. The van der Waals surface area contributed by atoms with Crippen molar-refractivity contribution in [1.29, 1.82) is 0 Å². The molecule has 1 aliphatic heterocycles. The van der Waals surface area contributed by atoms with Crippen molar-refractivity contribution in [2.75, 3.05) is 12.9 Å². The van der Waals surface area contributed by atoms with Crippen LogP contribution in [0.3, 0.4) is 0 Å². The van der Waals surface area contributed by atoms with Gasteiger partial charge in [-0.15, -0.1) is 0 Å². The van der Waals surface area contributed by atoms with Crippen LogP contribution in [0.4, 0.5) is 0 Å². The topological polar surface area (TPSA) is 97.4 Å². The summed E-state index contributed by atoms with van der Waals surface area (Å²) < 4.78 is 31.7. The highest BCUT2D eigenvalue weighted by Gasteiger charge is 2.16. The van der Waals surface area contributed by atoms with E-state index in [1.807, 2.05) is 12.1 Å². The molecule has 0 saturated heterocycles. The second-order valence-electron chi connectivity index (χ2n) is 6.08. The summed E-state index contributed by atoms with van der Waals surface area (Å²) in [5, 5.41) is 3.28. The minimum atomic E-state index is -3.43. The Balaban J connectivity index is 1.56. The van der Waals surface area contributed by atoms with Crippen molar-refractivity contribution < 1.29 is 17.9 Å². The maximum Gasteiger partial charge on any atom is 0.339 e. The molecule has 2 N–H and O–H groups in total. The molecule has 0 saturated carbocycles. The van der Waals surface area contributed by atoms with Crippen LogP contribution in [0.15, 0.2) is 36.5 Å². The van der Waals surface area contributed by atoms with Gasteiger partial charge in [-0.05, 0) is 35.2 Å². The summed E-state index contributed by atoms with van der Waals surface area (Å²) in [4.78, 5) is 15.4. The number of benzene rings is 1. The number of nitrogens with one attached hydrogen (secondary N) is 2. The highest BCUT2D eigenvalue weighted by atomic mass is 32.2. The van der Waals surface area contributed by atoms with E-state index >= 15 is 0 Å². The number of aromatic nitrogens is 1. The Morgan fingerprint density at radius 2 is 2.12 bits per heavy atom. The van der Waals surface area contributed by atoms with Gasteiger partial charge >= 0.3 is 5.97 Å². The van der Waals surface area contributed by atoms with Crippen LogP contribution in [-0.2, 0) is 40.8 Å². The Kier molecular flexibility index (Phi) is 5.65. The van der Waals surface area contributed by atoms with Crippen LogP contribution in [0.1, 0.15) is 32.7 Å². The van der Waals surface area contributed by atoms with E-state index in [0.29, 0.717) is 17.7 Å². The summed E-state index contributed by atoms with van der Waals surface area (Å²) in [7, 11) is -2.13. The molecule has 1 aromatic heterocycles. The molecule has 1 aromatic carbocycles. The Hall–Kier alpha value is -2.29. The van der Waals surface area contributed by atoms with Crippen LogP contribution in [-0.4, -0.2) is 32.2 Å². The maximum atomic E-state index is 12.3. The second-order valence-corrected chi connectivity index (χ2v) is 8.00. The first-order chi connectivity index (χ1) is 12.5. The van der Waals surface area contributed by atoms with Gasteiger partial charge in [0.2, 0.25) is 10.0 Å². The first-order valence-electron chi connectivity index (χ1n) is 8.29. The van der Waals surface area contributed by atoms with Gasteiger partial charge in [0.05, 0.1) is 30.7 Å². The van der Waals surface area contributed by atoms with Crippen molar-refractivity contribution in [3.63, 3.8) is 0 Å². The normalized spacial score (nSPS) is 13.4.